The fourth-order valence-corrected chi connectivity index (χ4v) is 1.04. The summed E-state index contributed by atoms with van der Waals surface area (Å²) in [4.78, 5) is 3.97. The molecular weight excluding hydrogens is 188 g/mol. The van der Waals surface area contributed by atoms with E-state index in [1.807, 2.05) is 6.92 Å². The fourth-order valence-electron chi connectivity index (χ4n) is 1.04. The summed E-state index contributed by atoms with van der Waals surface area (Å²) >= 11 is 0. The maximum atomic E-state index is 12.5. The maximum absolute atomic E-state index is 12.5. The van der Waals surface area contributed by atoms with Gasteiger partial charge in [-0.05, 0) is 25.5 Å². The molecule has 0 saturated heterocycles. The van der Waals surface area contributed by atoms with Gasteiger partial charge in [-0.2, -0.15) is 0 Å². The van der Waals surface area contributed by atoms with Crippen molar-refractivity contribution in [2.75, 3.05) is 6.61 Å². The Morgan fingerprint density at radius 2 is 2.07 bits per heavy atom. The molecule has 0 bridgehead atoms. The van der Waals surface area contributed by atoms with Gasteiger partial charge in [0, 0.05) is 12.6 Å². The minimum atomic E-state index is -2.81. The van der Waals surface area contributed by atoms with Crippen LogP contribution in [0.1, 0.15) is 18.2 Å². The van der Waals surface area contributed by atoms with Crippen LogP contribution in [0.2, 0.25) is 0 Å². The second-order valence-corrected chi connectivity index (χ2v) is 3.45. The van der Waals surface area contributed by atoms with Crippen LogP contribution in [0.25, 0.3) is 0 Å². The molecule has 0 aliphatic rings. The smallest absolute Gasteiger partial charge is 0.278 e. The van der Waals surface area contributed by atoms with Gasteiger partial charge in [-0.3, -0.25) is 4.98 Å². The van der Waals surface area contributed by atoms with Crippen LogP contribution in [0.5, 0.6) is 5.75 Å². The van der Waals surface area contributed by atoms with E-state index in [0.29, 0.717) is 5.75 Å². The molecule has 1 heterocycles. The monoisotopic (exact) mass is 201 g/mol. The third-order valence-electron chi connectivity index (χ3n) is 1.68. The Balaban J connectivity index is 2.68. The molecule has 0 saturated carbocycles. The van der Waals surface area contributed by atoms with Crippen LogP contribution in [0.4, 0.5) is 8.78 Å². The fraction of sp³-hybridized carbons (Fsp3) is 0.500. The average Bonchev–Trinajstić information content (AvgIpc) is 2.00. The maximum Gasteiger partial charge on any atom is 0.278 e. The topological polar surface area (TPSA) is 22.1 Å². The first kappa shape index (κ1) is 10.9. The predicted molar refractivity (Wildman–Crippen MR) is 49.8 cm³/mol. The van der Waals surface area contributed by atoms with Gasteiger partial charge in [0.25, 0.3) is 5.92 Å². The average molecular weight is 201 g/mol. The van der Waals surface area contributed by atoms with E-state index in [0.717, 1.165) is 18.2 Å². The van der Waals surface area contributed by atoms with Crippen molar-refractivity contribution >= 4 is 0 Å². The molecule has 0 N–H and O–H groups in total. The Morgan fingerprint density at radius 3 is 2.57 bits per heavy atom. The third-order valence-corrected chi connectivity index (χ3v) is 1.68. The van der Waals surface area contributed by atoms with E-state index in [1.165, 1.54) is 6.20 Å². The van der Waals surface area contributed by atoms with E-state index < -0.39 is 12.5 Å². The summed E-state index contributed by atoms with van der Waals surface area (Å²) in [6.45, 7) is 3.85. The highest BCUT2D eigenvalue weighted by Crippen LogP contribution is 2.19. The van der Waals surface area contributed by atoms with Crippen LogP contribution in [-0.2, 0) is 0 Å². The minimum Gasteiger partial charge on any atom is -0.485 e. The van der Waals surface area contributed by atoms with E-state index in [1.54, 1.807) is 13.0 Å². The number of ether oxygens (including phenoxy) is 1. The lowest BCUT2D eigenvalue weighted by Gasteiger charge is -2.13. The second-order valence-electron chi connectivity index (χ2n) is 3.45. The molecule has 14 heavy (non-hydrogen) atoms. The zero-order valence-electron chi connectivity index (χ0n) is 8.47. The van der Waals surface area contributed by atoms with Crippen molar-refractivity contribution in [1.82, 2.24) is 4.98 Å². The molecule has 2 nitrogen and oxygen atoms in total. The van der Waals surface area contributed by atoms with Gasteiger partial charge in [0.15, 0.2) is 6.61 Å². The summed E-state index contributed by atoms with van der Waals surface area (Å²) < 4.78 is 29.9. The SMILES string of the molecule is Cc1cc(C)c(OCC(C)(F)F)cn1. The van der Waals surface area contributed by atoms with E-state index in [9.17, 15) is 8.78 Å². The van der Waals surface area contributed by atoms with Crippen molar-refractivity contribution in [1.29, 1.82) is 0 Å². The molecule has 1 rings (SSSR count). The Kier molecular flexibility index (Phi) is 3.03. The highest BCUT2D eigenvalue weighted by Gasteiger charge is 2.22. The normalized spacial score (nSPS) is 11.5. The standard InChI is InChI=1S/C10H13F2NO/c1-7-4-8(2)13-5-9(7)14-6-10(3,11)12/h4-5H,6H2,1-3H3. The van der Waals surface area contributed by atoms with Gasteiger partial charge in [0.1, 0.15) is 5.75 Å². The number of aromatic nitrogens is 1. The first-order chi connectivity index (χ1) is 6.38. The highest BCUT2D eigenvalue weighted by atomic mass is 19.3. The summed E-state index contributed by atoms with van der Waals surface area (Å²) in [6.07, 6.45) is 1.47. The van der Waals surface area contributed by atoms with Crippen LogP contribution >= 0.6 is 0 Å². The molecule has 78 valence electrons. The van der Waals surface area contributed by atoms with Gasteiger partial charge >= 0.3 is 0 Å². The van der Waals surface area contributed by atoms with Crippen LogP contribution in [0, 0.1) is 13.8 Å². The largest absolute Gasteiger partial charge is 0.485 e. The van der Waals surface area contributed by atoms with Gasteiger partial charge in [-0.25, -0.2) is 8.78 Å². The first-order valence-corrected chi connectivity index (χ1v) is 4.32. The number of pyridine rings is 1. The lowest BCUT2D eigenvalue weighted by atomic mass is 10.2. The molecule has 0 aromatic carbocycles. The zero-order valence-corrected chi connectivity index (χ0v) is 8.47. The molecule has 4 heteroatoms. The molecule has 1 aromatic heterocycles. The van der Waals surface area contributed by atoms with Gasteiger partial charge in [-0.15, -0.1) is 0 Å². The van der Waals surface area contributed by atoms with Crippen molar-refractivity contribution in [3.05, 3.63) is 23.5 Å². The van der Waals surface area contributed by atoms with Crippen LogP contribution < -0.4 is 4.74 Å². The number of alkyl halides is 2. The Labute approximate surface area is 81.9 Å². The van der Waals surface area contributed by atoms with Gasteiger partial charge in [-0.1, -0.05) is 0 Å². The molecule has 0 aliphatic heterocycles. The van der Waals surface area contributed by atoms with Gasteiger partial charge in [0.2, 0.25) is 0 Å². The molecule has 0 spiro atoms. The van der Waals surface area contributed by atoms with Crippen LogP contribution in [0.15, 0.2) is 12.3 Å². The quantitative estimate of drug-likeness (QED) is 0.750. The summed E-state index contributed by atoms with van der Waals surface area (Å²) in [6, 6.07) is 1.79. The van der Waals surface area contributed by atoms with Crippen LogP contribution in [0.3, 0.4) is 0 Å². The number of nitrogens with zero attached hydrogens (tertiary/aromatic N) is 1. The zero-order chi connectivity index (χ0) is 10.8. The van der Waals surface area contributed by atoms with E-state index in [4.69, 9.17) is 4.74 Å². The van der Waals surface area contributed by atoms with E-state index >= 15 is 0 Å². The Hall–Kier alpha value is -1.19. The minimum absolute atomic E-state index is 0.414. The summed E-state index contributed by atoms with van der Waals surface area (Å²) in [5.74, 6) is -2.39. The molecule has 0 fully saturated rings. The highest BCUT2D eigenvalue weighted by molar-refractivity contribution is 5.30. The molecule has 0 amide bonds. The third kappa shape index (κ3) is 3.28. The number of hydrogen-bond acceptors (Lipinski definition) is 2. The number of aryl methyl sites for hydroxylation is 2. The van der Waals surface area contributed by atoms with Crippen molar-refractivity contribution in [3.8, 4) is 5.75 Å². The van der Waals surface area contributed by atoms with Gasteiger partial charge < -0.3 is 4.74 Å². The summed E-state index contributed by atoms with van der Waals surface area (Å²) in [7, 11) is 0. The van der Waals surface area contributed by atoms with E-state index in [-0.39, 0.29) is 0 Å². The van der Waals surface area contributed by atoms with Crippen molar-refractivity contribution in [2.24, 2.45) is 0 Å². The summed E-state index contributed by atoms with van der Waals surface area (Å²) in [5, 5.41) is 0. The van der Waals surface area contributed by atoms with Crippen molar-refractivity contribution in [3.63, 3.8) is 0 Å². The van der Waals surface area contributed by atoms with E-state index in [2.05, 4.69) is 4.98 Å². The first-order valence-electron chi connectivity index (χ1n) is 4.32. The number of rotatable bonds is 3. The molecule has 1 aromatic rings. The van der Waals surface area contributed by atoms with Crippen molar-refractivity contribution in [2.45, 2.75) is 26.7 Å². The lowest BCUT2D eigenvalue weighted by molar-refractivity contribution is -0.0232. The Bertz CT molecular complexity index is 320. The number of halogens is 2. The molecule has 0 unspecified atom stereocenters. The Morgan fingerprint density at radius 1 is 1.43 bits per heavy atom. The number of hydrogen-bond donors (Lipinski definition) is 0. The van der Waals surface area contributed by atoms with Gasteiger partial charge in [0.05, 0.1) is 6.20 Å². The molecule has 0 atom stereocenters. The molecular formula is C10H13F2NO. The lowest BCUT2D eigenvalue weighted by Crippen LogP contribution is -2.21. The van der Waals surface area contributed by atoms with Crippen LogP contribution in [-0.4, -0.2) is 17.5 Å². The van der Waals surface area contributed by atoms with Crippen molar-refractivity contribution < 1.29 is 13.5 Å². The molecule has 0 aliphatic carbocycles. The second kappa shape index (κ2) is 3.90. The predicted octanol–water partition coefficient (Wildman–Crippen LogP) is 2.73. The summed E-state index contributed by atoms with van der Waals surface area (Å²) in [5.41, 5.74) is 1.67. The molecule has 0 radical (unpaired) electrons.